The zero-order valence-corrected chi connectivity index (χ0v) is 16.9. The highest BCUT2D eigenvalue weighted by Gasteiger charge is 2.48. The van der Waals surface area contributed by atoms with Gasteiger partial charge in [0.1, 0.15) is 27.5 Å². The Kier molecular flexibility index (Phi) is 4.88. The van der Waals surface area contributed by atoms with Gasteiger partial charge in [-0.25, -0.2) is 8.78 Å². The van der Waals surface area contributed by atoms with Crippen LogP contribution in [0.15, 0.2) is 23.6 Å². The number of nitrogens with one attached hydrogen (secondary N) is 1. The first-order valence-electron chi connectivity index (χ1n) is 7.67. The third-order valence-corrected chi connectivity index (χ3v) is 7.84. The van der Waals surface area contributed by atoms with E-state index in [-0.39, 0.29) is 29.3 Å². The number of thiophene rings is 1. The molecule has 1 aromatic carbocycles. The number of hydrogen-bond acceptors (Lipinski definition) is 4. The van der Waals surface area contributed by atoms with Gasteiger partial charge in [0.2, 0.25) is 5.91 Å². The number of rotatable bonds is 2. The fourth-order valence-electron chi connectivity index (χ4n) is 3.03. The topological polar surface area (TPSA) is 68.0 Å². The molecule has 0 bridgehead atoms. The molecule has 1 aliphatic heterocycles. The molecule has 0 unspecified atom stereocenters. The summed E-state index contributed by atoms with van der Waals surface area (Å²) in [5, 5.41) is 18.6. The molecule has 0 aliphatic carbocycles. The van der Waals surface area contributed by atoms with Gasteiger partial charge in [0, 0.05) is 34.7 Å². The molecular formula is C18H14F2IN3OS. The number of amides is 1. The van der Waals surface area contributed by atoms with E-state index in [4.69, 9.17) is 10.7 Å². The van der Waals surface area contributed by atoms with Gasteiger partial charge in [-0.15, -0.1) is 11.3 Å². The SMILES string of the molecule is CN1C(=N)C[C@](C)(c2scc(-c3ccc(F)c(C#N)c3)c2F)[C@@H](I)C1=O. The lowest BCUT2D eigenvalue weighted by Crippen LogP contribution is -2.54. The lowest BCUT2D eigenvalue weighted by Gasteiger charge is -2.41. The van der Waals surface area contributed by atoms with E-state index < -0.39 is 21.0 Å². The second kappa shape index (κ2) is 6.70. The highest BCUT2D eigenvalue weighted by molar-refractivity contribution is 14.1. The van der Waals surface area contributed by atoms with Crippen LogP contribution in [0.4, 0.5) is 8.78 Å². The molecule has 1 aromatic heterocycles. The fourth-order valence-corrected chi connectivity index (χ4v) is 5.34. The minimum absolute atomic E-state index is 0.147. The van der Waals surface area contributed by atoms with Crippen molar-refractivity contribution < 1.29 is 13.6 Å². The van der Waals surface area contributed by atoms with Crippen LogP contribution >= 0.6 is 33.9 Å². The van der Waals surface area contributed by atoms with Crippen molar-refractivity contribution >= 4 is 45.7 Å². The van der Waals surface area contributed by atoms with Gasteiger partial charge in [0.15, 0.2) is 0 Å². The first-order valence-corrected chi connectivity index (χ1v) is 9.79. The number of benzene rings is 1. The highest BCUT2D eigenvalue weighted by Crippen LogP contribution is 2.46. The summed E-state index contributed by atoms with van der Waals surface area (Å²) in [6, 6.07) is 5.64. The van der Waals surface area contributed by atoms with Gasteiger partial charge in [-0.05, 0) is 17.7 Å². The molecule has 1 amide bonds. The maximum Gasteiger partial charge on any atom is 0.241 e. The monoisotopic (exact) mass is 485 g/mol. The standard InChI is InChI=1S/C18H14F2IN3OS/c1-18(6-13(23)24(2)17(25)15(18)21)16-14(20)11(8-26-16)9-3-4-12(19)10(5-9)7-22/h3-5,8,15,23H,6H2,1-2H3/t15-,18-/m0/s1. The summed E-state index contributed by atoms with van der Waals surface area (Å²) < 4.78 is 28.3. The second-order valence-electron chi connectivity index (χ2n) is 6.40. The Hall–Kier alpha value is -1.86. The van der Waals surface area contributed by atoms with Crippen LogP contribution in [0.25, 0.3) is 11.1 Å². The Balaban J connectivity index is 2.08. The lowest BCUT2D eigenvalue weighted by molar-refractivity contribution is -0.127. The summed E-state index contributed by atoms with van der Waals surface area (Å²) in [7, 11) is 1.55. The molecule has 0 saturated carbocycles. The molecule has 1 aliphatic rings. The van der Waals surface area contributed by atoms with Gasteiger partial charge < -0.3 is 4.90 Å². The van der Waals surface area contributed by atoms with Gasteiger partial charge >= 0.3 is 0 Å². The molecule has 2 heterocycles. The molecule has 1 fully saturated rings. The zero-order valence-electron chi connectivity index (χ0n) is 13.9. The molecule has 4 nitrogen and oxygen atoms in total. The summed E-state index contributed by atoms with van der Waals surface area (Å²) in [4.78, 5) is 14.1. The molecule has 134 valence electrons. The van der Waals surface area contributed by atoms with Gasteiger partial charge in [0.05, 0.1) is 5.56 Å². The summed E-state index contributed by atoms with van der Waals surface area (Å²) in [6.45, 7) is 1.79. The fraction of sp³-hybridized carbons (Fsp3) is 0.278. The summed E-state index contributed by atoms with van der Waals surface area (Å²) in [5.41, 5.74) is -0.314. The van der Waals surface area contributed by atoms with Crippen molar-refractivity contribution in [2.75, 3.05) is 7.05 Å². The van der Waals surface area contributed by atoms with Crippen molar-refractivity contribution in [3.63, 3.8) is 0 Å². The van der Waals surface area contributed by atoms with Crippen molar-refractivity contribution in [2.45, 2.75) is 22.7 Å². The highest BCUT2D eigenvalue weighted by atomic mass is 127. The van der Waals surface area contributed by atoms with Gasteiger partial charge in [-0.1, -0.05) is 35.6 Å². The Labute approximate surface area is 167 Å². The number of alkyl halides is 1. The van der Waals surface area contributed by atoms with Crippen molar-refractivity contribution in [3.8, 4) is 17.2 Å². The molecule has 1 N–H and O–H groups in total. The van der Waals surface area contributed by atoms with E-state index in [9.17, 15) is 9.18 Å². The van der Waals surface area contributed by atoms with Gasteiger partial charge in [-0.2, -0.15) is 5.26 Å². The number of nitrogens with zero attached hydrogens (tertiary/aromatic N) is 2. The Morgan fingerprint density at radius 1 is 1.46 bits per heavy atom. The Morgan fingerprint density at radius 3 is 2.81 bits per heavy atom. The average molecular weight is 485 g/mol. The molecule has 0 spiro atoms. The van der Waals surface area contributed by atoms with Crippen molar-refractivity contribution in [3.05, 3.63) is 45.7 Å². The van der Waals surface area contributed by atoms with Crippen molar-refractivity contribution in [2.24, 2.45) is 0 Å². The predicted octanol–water partition coefficient (Wildman–Crippen LogP) is 4.47. The summed E-state index contributed by atoms with van der Waals surface area (Å²) >= 11 is 3.19. The molecule has 26 heavy (non-hydrogen) atoms. The van der Waals surface area contributed by atoms with Crippen LogP contribution in [0.2, 0.25) is 0 Å². The van der Waals surface area contributed by atoms with Crippen LogP contribution in [0.1, 0.15) is 23.8 Å². The van der Waals surface area contributed by atoms with Crippen LogP contribution in [0.5, 0.6) is 0 Å². The van der Waals surface area contributed by atoms with Crippen molar-refractivity contribution in [1.82, 2.24) is 4.90 Å². The molecule has 1 saturated heterocycles. The van der Waals surface area contributed by atoms with E-state index in [1.54, 1.807) is 25.4 Å². The summed E-state index contributed by atoms with van der Waals surface area (Å²) in [5.74, 6) is -1.22. The van der Waals surface area contributed by atoms with Crippen molar-refractivity contribution in [1.29, 1.82) is 10.7 Å². The molecule has 8 heteroatoms. The number of carbonyl (C=O) groups is 1. The minimum atomic E-state index is -0.841. The van der Waals surface area contributed by atoms with Crippen LogP contribution in [-0.2, 0) is 10.2 Å². The van der Waals surface area contributed by atoms with Gasteiger partial charge in [0.25, 0.3) is 0 Å². The molecule has 2 atom stereocenters. The largest absolute Gasteiger partial charge is 0.303 e. The first-order chi connectivity index (χ1) is 12.2. The Morgan fingerprint density at radius 2 is 2.15 bits per heavy atom. The molecule has 3 rings (SSSR count). The van der Waals surface area contributed by atoms with E-state index in [1.807, 2.05) is 22.6 Å². The number of likely N-dealkylation sites (tertiary alicyclic amines) is 1. The van der Waals surface area contributed by atoms with E-state index >= 15 is 4.39 Å². The maximum absolute atomic E-state index is 15.2. The normalized spacial score (nSPS) is 23.2. The molecule has 0 radical (unpaired) electrons. The number of piperidine rings is 1. The van der Waals surface area contributed by atoms with E-state index in [1.165, 1.54) is 28.4 Å². The average Bonchev–Trinajstić information content (AvgIpc) is 3.01. The molecule has 2 aromatic rings. The zero-order chi connectivity index (χ0) is 19.2. The quantitative estimate of drug-likeness (QED) is 0.504. The maximum atomic E-state index is 15.2. The first kappa shape index (κ1) is 18.9. The number of halogens is 3. The van der Waals surface area contributed by atoms with E-state index in [0.717, 1.165) is 6.07 Å². The number of hydrogen-bond donors (Lipinski definition) is 1. The number of amidine groups is 1. The number of carbonyl (C=O) groups excluding carboxylic acids is 1. The number of nitriles is 1. The van der Waals surface area contributed by atoms with Crippen LogP contribution < -0.4 is 0 Å². The Bertz CT molecular complexity index is 968. The van der Waals surface area contributed by atoms with Crippen LogP contribution in [0.3, 0.4) is 0 Å². The predicted molar refractivity (Wildman–Crippen MR) is 105 cm³/mol. The van der Waals surface area contributed by atoms with Crippen LogP contribution in [-0.4, -0.2) is 27.6 Å². The second-order valence-corrected chi connectivity index (χ2v) is 8.52. The van der Waals surface area contributed by atoms with E-state index in [2.05, 4.69) is 0 Å². The minimum Gasteiger partial charge on any atom is -0.303 e. The van der Waals surface area contributed by atoms with Crippen LogP contribution in [0, 0.1) is 28.4 Å². The third-order valence-electron chi connectivity index (χ3n) is 4.69. The third kappa shape index (κ3) is 2.83. The summed E-state index contributed by atoms with van der Waals surface area (Å²) in [6.07, 6.45) is 0.243. The van der Waals surface area contributed by atoms with E-state index in [0.29, 0.717) is 10.4 Å². The lowest BCUT2D eigenvalue weighted by atomic mass is 9.77. The molecular weight excluding hydrogens is 471 g/mol. The van der Waals surface area contributed by atoms with Gasteiger partial charge in [-0.3, -0.25) is 10.2 Å². The smallest absolute Gasteiger partial charge is 0.241 e.